The van der Waals surface area contributed by atoms with Crippen LogP contribution in [0.5, 0.6) is 0 Å². The molecular formula is C17H25BrN2O. The third kappa shape index (κ3) is 4.55. The standard InChI is InChI=1S/C17H25BrN2O/c1-3-10-20(12-15-6-4-5-9-19-15)17(21)14-7-8-16(18)13(2)11-14/h7-8,11,15,19H,3-6,9-10,12H2,1-2H3. The topological polar surface area (TPSA) is 32.3 Å². The first-order valence-corrected chi connectivity index (χ1v) is 8.70. The van der Waals surface area contributed by atoms with Crippen LogP contribution in [0.3, 0.4) is 0 Å². The third-order valence-electron chi connectivity index (χ3n) is 4.04. The van der Waals surface area contributed by atoms with Crippen LogP contribution in [0.15, 0.2) is 22.7 Å². The fourth-order valence-corrected chi connectivity index (χ4v) is 3.10. The number of carbonyl (C=O) groups is 1. The largest absolute Gasteiger partial charge is 0.337 e. The van der Waals surface area contributed by atoms with E-state index in [0.717, 1.165) is 41.7 Å². The van der Waals surface area contributed by atoms with Gasteiger partial charge in [0.15, 0.2) is 0 Å². The molecule has 21 heavy (non-hydrogen) atoms. The number of nitrogens with one attached hydrogen (secondary N) is 1. The van der Waals surface area contributed by atoms with Crippen LogP contribution in [-0.2, 0) is 0 Å². The molecule has 1 atom stereocenters. The first-order valence-electron chi connectivity index (χ1n) is 7.90. The van der Waals surface area contributed by atoms with Crippen LogP contribution < -0.4 is 5.32 Å². The summed E-state index contributed by atoms with van der Waals surface area (Å²) in [6.45, 7) is 6.87. The summed E-state index contributed by atoms with van der Waals surface area (Å²) < 4.78 is 1.05. The van der Waals surface area contributed by atoms with Crippen molar-refractivity contribution in [2.45, 2.75) is 45.6 Å². The summed E-state index contributed by atoms with van der Waals surface area (Å²) in [5.41, 5.74) is 1.90. The normalized spacial score (nSPS) is 18.5. The van der Waals surface area contributed by atoms with Crippen LogP contribution in [0.4, 0.5) is 0 Å². The molecule has 2 rings (SSSR count). The number of aryl methyl sites for hydroxylation is 1. The zero-order chi connectivity index (χ0) is 15.2. The van der Waals surface area contributed by atoms with E-state index >= 15 is 0 Å². The molecular weight excluding hydrogens is 328 g/mol. The second-order valence-corrected chi connectivity index (χ2v) is 6.72. The van der Waals surface area contributed by atoms with Gasteiger partial charge in [0.25, 0.3) is 5.91 Å². The monoisotopic (exact) mass is 352 g/mol. The number of rotatable bonds is 5. The van der Waals surface area contributed by atoms with Gasteiger partial charge in [0.1, 0.15) is 0 Å². The van der Waals surface area contributed by atoms with E-state index in [2.05, 4.69) is 28.2 Å². The molecule has 0 spiro atoms. The highest BCUT2D eigenvalue weighted by atomic mass is 79.9. The number of hydrogen-bond acceptors (Lipinski definition) is 2. The summed E-state index contributed by atoms with van der Waals surface area (Å²) in [4.78, 5) is 14.8. The van der Waals surface area contributed by atoms with Gasteiger partial charge in [0.2, 0.25) is 0 Å². The van der Waals surface area contributed by atoms with E-state index in [9.17, 15) is 4.79 Å². The number of carbonyl (C=O) groups excluding carboxylic acids is 1. The minimum absolute atomic E-state index is 0.153. The van der Waals surface area contributed by atoms with Crippen molar-refractivity contribution in [2.24, 2.45) is 0 Å². The molecule has 1 saturated heterocycles. The molecule has 116 valence electrons. The van der Waals surface area contributed by atoms with Gasteiger partial charge in [-0.2, -0.15) is 0 Å². The van der Waals surface area contributed by atoms with Gasteiger partial charge in [-0.3, -0.25) is 4.79 Å². The Kier molecular flexibility index (Phi) is 6.24. The van der Waals surface area contributed by atoms with E-state index in [-0.39, 0.29) is 5.91 Å². The van der Waals surface area contributed by atoms with E-state index < -0.39 is 0 Å². The molecule has 0 aromatic heterocycles. The summed E-state index contributed by atoms with van der Waals surface area (Å²) in [5.74, 6) is 0.153. The highest BCUT2D eigenvalue weighted by molar-refractivity contribution is 9.10. The van der Waals surface area contributed by atoms with Crippen molar-refractivity contribution in [3.05, 3.63) is 33.8 Å². The molecule has 0 aliphatic carbocycles. The Morgan fingerprint density at radius 1 is 1.43 bits per heavy atom. The van der Waals surface area contributed by atoms with Gasteiger partial charge in [-0.15, -0.1) is 0 Å². The first-order chi connectivity index (χ1) is 10.1. The maximum absolute atomic E-state index is 12.8. The second-order valence-electron chi connectivity index (χ2n) is 5.86. The van der Waals surface area contributed by atoms with Crippen molar-refractivity contribution >= 4 is 21.8 Å². The van der Waals surface area contributed by atoms with Gasteiger partial charge in [-0.05, 0) is 56.5 Å². The van der Waals surface area contributed by atoms with Crippen LogP contribution in [0, 0.1) is 6.92 Å². The lowest BCUT2D eigenvalue weighted by Gasteiger charge is -2.30. The van der Waals surface area contributed by atoms with Gasteiger partial charge in [0.05, 0.1) is 0 Å². The number of piperidine rings is 1. The zero-order valence-electron chi connectivity index (χ0n) is 13.0. The lowest BCUT2D eigenvalue weighted by Crippen LogP contribution is -2.46. The van der Waals surface area contributed by atoms with Gasteiger partial charge in [0, 0.05) is 29.2 Å². The van der Waals surface area contributed by atoms with Gasteiger partial charge < -0.3 is 10.2 Å². The summed E-state index contributed by atoms with van der Waals surface area (Å²) in [6.07, 6.45) is 4.69. The SMILES string of the molecule is CCCN(CC1CCCCN1)C(=O)c1ccc(Br)c(C)c1. The summed E-state index contributed by atoms with van der Waals surface area (Å²) in [6, 6.07) is 6.30. The fraction of sp³-hybridized carbons (Fsp3) is 0.588. The third-order valence-corrected chi connectivity index (χ3v) is 4.93. The summed E-state index contributed by atoms with van der Waals surface area (Å²) in [7, 11) is 0. The number of halogens is 1. The van der Waals surface area contributed by atoms with Crippen LogP contribution in [0.2, 0.25) is 0 Å². The molecule has 4 heteroatoms. The second kappa shape index (κ2) is 7.95. The van der Waals surface area contributed by atoms with Crippen molar-refractivity contribution < 1.29 is 4.79 Å². The van der Waals surface area contributed by atoms with E-state index in [1.807, 2.05) is 30.0 Å². The molecule has 1 aliphatic heterocycles. The molecule has 1 fully saturated rings. The maximum Gasteiger partial charge on any atom is 0.253 e. The molecule has 3 nitrogen and oxygen atoms in total. The van der Waals surface area contributed by atoms with Gasteiger partial charge in [-0.1, -0.05) is 29.3 Å². The van der Waals surface area contributed by atoms with E-state index in [4.69, 9.17) is 0 Å². The van der Waals surface area contributed by atoms with Gasteiger partial charge in [-0.25, -0.2) is 0 Å². The molecule has 0 saturated carbocycles. The lowest BCUT2D eigenvalue weighted by molar-refractivity contribution is 0.0731. The minimum atomic E-state index is 0.153. The maximum atomic E-state index is 12.8. The van der Waals surface area contributed by atoms with E-state index in [1.54, 1.807) is 0 Å². The van der Waals surface area contributed by atoms with Crippen molar-refractivity contribution in [2.75, 3.05) is 19.6 Å². The fourth-order valence-electron chi connectivity index (χ4n) is 2.85. The molecule has 0 radical (unpaired) electrons. The first kappa shape index (κ1) is 16.5. The minimum Gasteiger partial charge on any atom is -0.337 e. The molecule has 0 bridgehead atoms. The van der Waals surface area contributed by atoms with Crippen molar-refractivity contribution in [1.29, 1.82) is 0 Å². The Balaban J connectivity index is 2.08. The molecule has 1 unspecified atom stereocenters. The number of nitrogens with zero attached hydrogens (tertiary/aromatic N) is 1. The van der Waals surface area contributed by atoms with Crippen molar-refractivity contribution in [1.82, 2.24) is 10.2 Å². The summed E-state index contributed by atoms with van der Waals surface area (Å²) in [5, 5.41) is 3.53. The van der Waals surface area contributed by atoms with Gasteiger partial charge >= 0.3 is 0 Å². The highest BCUT2D eigenvalue weighted by Crippen LogP contribution is 2.19. The van der Waals surface area contributed by atoms with Crippen LogP contribution in [-0.4, -0.2) is 36.5 Å². The number of benzene rings is 1. The highest BCUT2D eigenvalue weighted by Gasteiger charge is 2.21. The molecule has 1 amide bonds. The van der Waals surface area contributed by atoms with Crippen LogP contribution >= 0.6 is 15.9 Å². The van der Waals surface area contributed by atoms with E-state index in [1.165, 1.54) is 19.3 Å². The molecule has 1 aromatic rings. The van der Waals surface area contributed by atoms with Crippen LogP contribution in [0.1, 0.15) is 48.5 Å². The quantitative estimate of drug-likeness (QED) is 0.874. The Labute approximate surface area is 136 Å². The zero-order valence-corrected chi connectivity index (χ0v) is 14.6. The Bertz CT molecular complexity index is 484. The average molecular weight is 353 g/mol. The van der Waals surface area contributed by atoms with Crippen molar-refractivity contribution in [3.8, 4) is 0 Å². The molecule has 1 N–H and O–H groups in total. The predicted octanol–water partition coefficient (Wildman–Crippen LogP) is 3.75. The Morgan fingerprint density at radius 3 is 2.86 bits per heavy atom. The number of amides is 1. The van der Waals surface area contributed by atoms with Crippen molar-refractivity contribution in [3.63, 3.8) is 0 Å². The lowest BCUT2D eigenvalue weighted by atomic mass is 10.0. The summed E-state index contributed by atoms with van der Waals surface area (Å²) >= 11 is 3.49. The average Bonchev–Trinajstić information content (AvgIpc) is 2.50. The number of hydrogen-bond donors (Lipinski definition) is 1. The molecule has 1 aliphatic rings. The predicted molar refractivity (Wildman–Crippen MR) is 90.7 cm³/mol. The Hall–Kier alpha value is -0.870. The smallest absolute Gasteiger partial charge is 0.253 e. The van der Waals surface area contributed by atoms with Crippen LogP contribution in [0.25, 0.3) is 0 Å². The molecule has 1 aromatic carbocycles. The Morgan fingerprint density at radius 2 is 2.24 bits per heavy atom. The van der Waals surface area contributed by atoms with E-state index in [0.29, 0.717) is 6.04 Å². The molecule has 1 heterocycles.